The van der Waals surface area contributed by atoms with Crippen molar-refractivity contribution in [3.8, 4) is 0 Å². The van der Waals surface area contributed by atoms with E-state index in [4.69, 9.17) is 0 Å². The molecule has 1 atom stereocenters. The Bertz CT molecular complexity index is 403. The zero-order valence-electron chi connectivity index (χ0n) is 10.0. The Morgan fingerprint density at radius 1 is 1.35 bits per heavy atom. The van der Waals surface area contributed by atoms with Gasteiger partial charge in [-0.05, 0) is 20.3 Å². The predicted octanol–water partition coefficient (Wildman–Crippen LogP) is -0.938. The van der Waals surface area contributed by atoms with Crippen molar-refractivity contribution in [3.05, 3.63) is 0 Å². The van der Waals surface area contributed by atoms with Crippen molar-refractivity contribution in [3.63, 3.8) is 0 Å². The van der Waals surface area contributed by atoms with Crippen LogP contribution in [0.1, 0.15) is 20.3 Å². The number of nitrogens with one attached hydrogen (secondary N) is 2. The predicted molar refractivity (Wildman–Crippen MR) is 63.0 cm³/mol. The molecular weight excluding hydrogens is 244 g/mol. The van der Waals surface area contributed by atoms with Crippen LogP contribution in [0.4, 0.5) is 0 Å². The lowest BCUT2D eigenvalue weighted by Gasteiger charge is -2.11. The standard InChI is InChI=1S/C10H18N2O4S/c1-7(2)12-9(13)5-11-10(14)8-3-4-17(15,16)6-8/h7-8H,3-6H2,1-2H3,(H,11,14)(H,12,13). The summed E-state index contributed by atoms with van der Waals surface area (Å²) in [4.78, 5) is 22.8. The van der Waals surface area contributed by atoms with Gasteiger partial charge in [-0.1, -0.05) is 0 Å². The van der Waals surface area contributed by atoms with E-state index in [1.165, 1.54) is 0 Å². The first-order valence-corrected chi connectivity index (χ1v) is 7.40. The van der Waals surface area contributed by atoms with Crippen LogP contribution in [0.25, 0.3) is 0 Å². The molecular formula is C10H18N2O4S. The average molecular weight is 262 g/mol. The number of hydrogen-bond acceptors (Lipinski definition) is 4. The van der Waals surface area contributed by atoms with Gasteiger partial charge < -0.3 is 10.6 Å². The molecule has 0 aromatic heterocycles. The fourth-order valence-corrected chi connectivity index (χ4v) is 3.43. The lowest BCUT2D eigenvalue weighted by atomic mass is 10.1. The lowest BCUT2D eigenvalue weighted by Crippen LogP contribution is -2.41. The van der Waals surface area contributed by atoms with Gasteiger partial charge >= 0.3 is 0 Å². The smallest absolute Gasteiger partial charge is 0.239 e. The summed E-state index contributed by atoms with van der Waals surface area (Å²) in [6, 6.07) is 0.0197. The van der Waals surface area contributed by atoms with E-state index in [-0.39, 0.29) is 35.9 Å². The molecule has 1 aliphatic heterocycles. The quantitative estimate of drug-likeness (QED) is 0.684. The van der Waals surface area contributed by atoms with Gasteiger partial charge in [0.2, 0.25) is 11.8 Å². The number of sulfone groups is 1. The Labute approximate surface area is 101 Å². The molecule has 1 heterocycles. The summed E-state index contributed by atoms with van der Waals surface area (Å²) in [5.41, 5.74) is 0. The first-order valence-electron chi connectivity index (χ1n) is 5.57. The summed E-state index contributed by atoms with van der Waals surface area (Å²) in [6.45, 7) is 3.54. The number of carbonyl (C=O) groups excluding carboxylic acids is 2. The highest BCUT2D eigenvalue weighted by molar-refractivity contribution is 7.91. The largest absolute Gasteiger partial charge is 0.352 e. The molecule has 98 valence electrons. The second-order valence-corrected chi connectivity index (χ2v) is 6.77. The minimum absolute atomic E-state index is 0.0197. The number of amides is 2. The highest BCUT2D eigenvalue weighted by Gasteiger charge is 2.32. The van der Waals surface area contributed by atoms with Crippen LogP contribution >= 0.6 is 0 Å². The molecule has 1 unspecified atom stereocenters. The molecule has 0 aromatic carbocycles. The van der Waals surface area contributed by atoms with Crippen molar-refractivity contribution >= 4 is 21.7 Å². The molecule has 1 fully saturated rings. The number of rotatable bonds is 4. The van der Waals surface area contributed by atoms with E-state index in [1.54, 1.807) is 0 Å². The van der Waals surface area contributed by atoms with Crippen molar-refractivity contribution < 1.29 is 18.0 Å². The van der Waals surface area contributed by atoms with E-state index in [2.05, 4.69) is 10.6 Å². The summed E-state index contributed by atoms with van der Waals surface area (Å²) in [5, 5.41) is 5.09. The van der Waals surface area contributed by atoms with Gasteiger partial charge in [-0.2, -0.15) is 0 Å². The number of carbonyl (C=O) groups is 2. The molecule has 1 rings (SSSR count). The maximum atomic E-state index is 11.6. The zero-order valence-corrected chi connectivity index (χ0v) is 10.8. The highest BCUT2D eigenvalue weighted by atomic mass is 32.2. The topological polar surface area (TPSA) is 92.3 Å². The van der Waals surface area contributed by atoms with E-state index in [0.29, 0.717) is 6.42 Å². The molecule has 0 spiro atoms. The Morgan fingerprint density at radius 2 is 2.00 bits per heavy atom. The minimum Gasteiger partial charge on any atom is -0.352 e. The van der Waals surface area contributed by atoms with Gasteiger partial charge in [0.05, 0.1) is 24.0 Å². The lowest BCUT2D eigenvalue weighted by molar-refractivity contribution is -0.128. The van der Waals surface area contributed by atoms with Gasteiger partial charge in [0.1, 0.15) is 0 Å². The molecule has 0 bridgehead atoms. The molecule has 0 aliphatic carbocycles. The summed E-state index contributed by atoms with van der Waals surface area (Å²) >= 11 is 0. The van der Waals surface area contributed by atoms with E-state index in [0.717, 1.165) is 0 Å². The maximum Gasteiger partial charge on any atom is 0.239 e. The molecule has 1 aliphatic rings. The van der Waals surface area contributed by atoms with E-state index >= 15 is 0 Å². The van der Waals surface area contributed by atoms with Crippen LogP contribution in [0, 0.1) is 5.92 Å². The molecule has 2 amide bonds. The second kappa shape index (κ2) is 5.48. The fourth-order valence-electron chi connectivity index (χ4n) is 1.69. The Morgan fingerprint density at radius 3 is 2.47 bits per heavy atom. The van der Waals surface area contributed by atoms with Crippen molar-refractivity contribution in [1.82, 2.24) is 10.6 Å². The molecule has 0 radical (unpaired) electrons. The third kappa shape index (κ3) is 4.72. The first-order chi connectivity index (χ1) is 7.80. The van der Waals surface area contributed by atoms with Crippen LogP contribution in [0.2, 0.25) is 0 Å². The van der Waals surface area contributed by atoms with Crippen molar-refractivity contribution in [2.24, 2.45) is 5.92 Å². The third-order valence-electron chi connectivity index (χ3n) is 2.48. The van der Waals surface area contributed by atoms with Crippen LogP contribution in [0.5, 0.6) is 0 Å². The van der Waals surface area contributed by atoms with Crippen molar-refractivity contribution in [2.45, 2.75) is 26.3 Å². The first kappa shape index (κ1) is 14.0. The molecule has 0 aromatic rings. The van der Waals surface area contributed by atoms with Crippen LogP contribution < -0.4 is 10.6 Å². The summed E-state index contributed by atoms with van der Waals surface area (Å²) < 4.78 is 22.3. The van der Waals surface area contributed by atoms with Gasteiger partial charge in [0.15, 0.2) is 9.84 Å². The van der Waals surface area contributed by atoms with Crippen LogP contribution in [-0.2, 0) is 19.4 Å². The fraction of sp³-hybridized carbons (Fsp3) is 0.800. The maximum absolute atomic E-state index is 11.6. The Kier molecular flexibility index (Phi) is 4.50. The molecule has 17 heavy (non-hydrogen) atoms. The van der Waals surface area contributed by atoms with Crippen molar-refractivity contribution in [1.29, 1.82) is 0 Å². The summed E-state index contributed by atoms with van der Waals surface area (Å²) in [6.07, 6.45) is 0.347. The summed E-state index contributed by atoms with van der Waals surface area (Å²) in [5.74, 6) is -1.18. The zero-order chi connectivity index (χ0) is 13.1. The van der Waals surface area contributed by atoms with E-state index < -0.39 is 15.8 Å². The average Bonchev–Trinajstić information content (AvgIpc) is 2.54. The molecule has 7 heteroatoms. The van der Waals surface area contributed by atoms with Gasteiger partial charge in [-0.15, -0.1) is 0 Å². The van der Waals surface area contributed by atoms with Crippen LogP contribution in [0.3, 0.4) is 0 Å². The minimum atomic E-state index is -3.06. The normalized spacial score (nSPS) is 22.4. The summed E-state index contributed by atoms with van der Waals surface area (Å²) in [7, 11) is -3.06. The van der Waals surface area contributed by atoms with Gasteiger partial charge in [0, 0.05) is 6.04 Å². The van der Waals surface area contributed by atoms with Crippen molar-refractivity contribution in [2.75, 3.05) is 18.1 Å². The van der Waals surface area contributed by atoms with Gasteiger partial charge in [-0.25, -0.2) is 8.42 Å². The number of hydrogen-bond donors (Lipinski definition) is 2. The van der Waals surface area contributed by atoms with E-state index in [9.17, 15) is 18.0 Å². The molecule has 6 nitrogen and oxygen atoms in total. The monoisotopic (exact) mass is 262 g/mol. The molecule has 2 N–H and O–H groups in total. The molecule has 1 saturated heterocycles. The van der Waals surface area contributed by atoms with Gasteiger partial charge in [0.25, 0.3) is 0 Å². The third-order valence-corrected chi connectivity index (χ3v) is 4.24. The highest BCUT2D eigenvalue weighted by Crippen LogP contribution is 2.18. The molecule has 0 saturated carbocycles. The Balaban J connectivity index is 2.34. The van der Waals surface area contributed by atoms with Crippen LogP contribution in [0.15, 0.2) is 0 Å². The Hall–Kier alpha value is -1.11. The van der Waals surface area contributed by atoms with E-state index in [1.807, 2.05) is 13.8 Å². The van der Waals surface area contributed by atoms with Gasteiger partial charge in [-0.3, -0.25) is 9.59 Å². The van der Waals surface area contributed by atoms with Crippen LogP contribution in [-0.4, -0.2) is 44.3 Å². The SMILES string of the molecule is CC(C)NC(=O)CNC(=O)C1CCS(=O)(=O)C1. The second-order valence-electron chi connectivity index (χ2n) is 4.54.